The predicted molar refractivity (Wildman–Crippen MR) is 73.4 cm³/mol. The summed E-state index contributed by atoms with van der Waals surface area (Å²) in [7, 11) is 0. The standard InChI is InChI=1S/C12H23N5O/c1-5-9-15-10(7-11(16-9)17-13)14-8-12(3,4)18-6-2/h7H,5-6,8,13H2,1-4H3,(H2,14,15,16,17). The number of aryl methyl sites for hydroxylation is 1. The summed E-state index contributed by atoms with van der Waals surface area (Å²) in [5.41, 5.74) is 2.31. The third-order valence-electron chi connectivity index (χ3n) is 2.47. The number of nitrogens with zero attached hydrogens (tertiary/aromatic N) is 2. The van der Waals surface area contributed by atoms with Crippen LogP contribution in [0, 0.1) is 0 Å². The smallest absolute Gasteiger partial charge is 0.145 e. The van der Waals surface area contributed by atoms with Crippen molar-refractivity contribution in [2.24, 2.45) is 5.84 Å². The van der Waals surface area contributed by atoms with E-state index in [1.807, 2.05) is 27.7 Å². The highest BCUT2D eigenvalue weighted by atomic mass is 16.5. The number of hydrogen-bond acceptors (Lipinski definition) is 6. The number of ether oxygens (including phenoxy) is 1. The third-order valence-corrected chi connectivity index (χ3v) is 2.47. The number of nitrogens with one attached hydrogen (secondary N) is 2. The average Bonchev–Trinajstić information content (AvgIpc) is 2.36. The maximum absolute atomic E-state index is 5.62. The zero-order chi connectivity index (χ0) is 13.6. The van der Waals surface area contributed by atoms with Gasteiger partial charge in [0.15, 0.2) is 0 Å². The van der Waals surface area contributed by atoms with Crippen LogP contribution in [-0.2, 0) is 11.2 Å². The van der Waals surface area contributed by atoms with Crippen molar-refractivity contribution < 1.29 is 4.74 Å². The molecule has 0 saturated carbocycles. The largest absolute Gasteiger partial charge is 0.374 e. The van der Waals surface area contributed by atoms with Crippen LogP contribution in [0.3, 0.4) is 0 Å². The van der Waals surface area contributed by atoms with Crippen LogP contribution in [0.2, 0.25) is 0 Å². The Morgan fingerprint density at radius 3 is 2.50 bits per heavy atom. The molecule has 0 aliphatic rings. The summed E-state index contributed by atoms with van der Waals surface area (Å²) in [5, 5.41) is 3.25. The Balaban J connectivity index is 2.72. The van der Waals surface area contributed by atoms with E-state index in [2.05, 4.69) is 20.7 Å². The number of aromatic nitrogens is 2. The third kappa shape index (κ3) is 4.46. The van der Waals surface area contributed by atoms with Gasteiger partial charge >= 0.3 is 0 Å². The first kappa shape index (κ1) is 14.7. The van der Waals surface area contributed by atoms with Crippen LogP contribution in [0.4, 0.5) is 11.6 Å². The van der Waals surface area contributed by atoms with Gasteiger partial charge in [0.25, 0.3) is 0 Å². The minimum Gasteiger partial charge on any atom is -0.374 e. The van der Waals surface area contributed by atoms with Crippen molar-refractivity contribution in [3.63, 3.8) is 0 Å². The monoisotopic (exact) mass is 253 g/mol. The van der Waals surface area contributed by atoms with Gasteiger partial charge in [0.05, 0.1) is 5.60 Å². The summed E-state index contributed by atoms with van der Waals surface area (Å²) in [6, 6.07) is 1.78. The summed E-state index contributed by atoms with van der Waals surface area (Å²) >= 11 is 0. The second-order valence-electron chi connectivity index (χ2n) is 4.60. The number of hydrogen-bond donors (Lipinski definition) is 3. The highest BCUT2D eigenvalue weighted by Crippen LogP contribution is 2.14. The Bertz CT molecular complexity index is 358. The summed E-state index contributed by atoms with van der Waals surface area (Å²) in [5.74, 6) is 7.49. The first-order chi connectivity index (χ1) is 8.50. The molecule has 0 amide bonds. The Hall–Kier alpha value is -1.40. The lowest BCUT2D eigenvalue weighted by atomic mass is 10.1. The minimum absolute atomic E-state index is 0.234. The van der Waals surface area contributed by atoms with Gasteiger partial charge < -0.3 is 15.5 Å². The molecule has 6 heteroatoms. The summed E-state index contributed by atoms with van der Waals surface area (Å²) in [6.07, 6.45) is 0.763. The van der Waals surface area contributed by atoms with Gasteiger partial charge in [-0.1, -0.05) is 6.92 Å². The van der Waals surface area contributed by atoms with Gasteiger partial charge in [-0.15, -0.1) is 0 Å². The molecule has 1 aromatic heterocycles. The maximum atomic E-state index is 5.62. The van der Waals surface area contributed by atoms with Crippen LogP contribution in [0.1, 0.15) is 33.5 Å². The topological polar surface area (TPSA) is 85.1 Å². The van der Waals surface area contributed by atoms with E-state index < -0.39 is 0 Å². The zero-order valence-corrected chi connectivity index (χ0v) is 11.6. The minimum atomic E-state index is -0.234. The van der Waals surface area contributed by atoms with E-state index in [0.717, 1.165) is 18.1 Å². The molecule has 18 heavy (non-hydrogen) atoms. The summed E-state index contributed by atoms with van der Waals surface area (Å²) in [6.45, 7) is 9.42. The summed E-state index contributed by atoms with van der Waals surface area (Å²) in [4.78, 5) is 8.62. The fourth-order valence-corrected chi connectivity index (χ4v) is 1.56. The van der Waals surface area contributed by atoms with E-state index in [9.17, 15) is 0 Å². The molecule has 0 saturated heterocycles. The van der Waals surface area contributed by atoms with Crippen LogP contribution < -0.4 is 16.6 Å². The Morgan fingerprint density at radius 2 is 1.94 bits per heavy atom. The Morgan fingerprint density at radius 1 is 1.28 bits per heavy atom. The summed E-state index contributed by atoms with van der Waals surface area (Å²) < 4.78 is 5.62. The van der Waals surface area contributed by atoms with Crippen molar-refractivity contribution in [3.8, 4) is 0 Å². The molecule has 0 spiro atoms. The Labute approximate surface area is 108 Å². The van der Waals surface area contributed by atoms with Crippen LogP contribution in [0.25, 0.3) is 0 Å². The molecule has 0 fully saturated rings. The fraction of sp³-hybridized carbons (Fsp3) is 0.667. The van der Waals surface area contributed by atoms with Crippen molar-refractivity contribution in [2.75, 3.05) is 23.9 Å². The molecule has 0 atom stereocenters. The molecule has 0 unspecified atom stereocenters. The molecule has 6 nitrogen and oxygen atoms in total. The van der Waals surface area contributed by atoms with Gasteiger partial charge in [0, 0.05) is 25.6 Å². The van der Waals surface area contributed by atoms with E-state index in [4.69, 9.17) is 10.6 Å². The highest BCUT2D eigenvalue weighted by molar-refractivity contribution is 5.47. The number of nitrogen functional groups attached to an aromatic ring is 1. The molecule has 4 N–H and O–H groups in total. The normalized spacial score (nSPS) is 11.4. The molecule has 0 aromatic carbocycles. The molecular weight excluding hydrogens is 230 g/mol. The molecule has 1 heterocycles. The SMILES string of the molecule is CCOC(C)(C)CNc1cc(NN)nc(CC)n1. The molecule has 102 valence electrons. The maximum Gasteiger partial charge on any atom is 0.145 e. The van der Waals surface area contributed by atoms with Crippen molar-refractivity contribution in [3.05, 3.63) is 11.9 Å². The van der Waals surface area contributed by atoms with E-state index in [1.54, 1.807) is 6.07 Å². The second-order valence-corrected chi connectivity index (χ2v) is 4.60. The molecule has 0 aliphatic heterocycles. The van der Waals surface area contributed by atoms with Crippen molar-refractivity contribution in [1.82, 2.24) is 9.97 Å². The fourth-order valence-electron chi connectivity index (χ4n) is 1.56. The van der Waals surface area contributed by atoms with Gasteiger partial charge in [0.2, 0.25) is 0 Å². The molecule has 0 aliphatic carbocycles. The van der Waals surface area contributed by atoms with Crippen LogP contribution >= 0.6 is 0 Å². The number of rotatable bonds is 7. The van der Waals surface area contributed by atoms with Gasteiger partial charge in [-0.05, 0) is 20.8 Å². The first-order valence-corrected chi connectivity index (χ1v) is 6.23. The molecule has 1 aromatic rings. The second kappa shape index (κ2) is 6.51. The van der Waals surface area contributed by atoms with Gasteiger partial charge in [-0.2, -0.15) is 0 Å². The molecule has 0 bridgehead atoms. The van der Waals surface area contributed by atoms with Crippen LogP contribution in [-0.4, -0.2) is 28.7 Å². The van der Waals surface area contributed by atoms with Crippen molar-refractivity contribution in [1.29, 1.82) is 0 Å². The van der Waals surface area contributed by atoms with E-state index in [1.165, 1.54) is 0 Å². The molecule has 1 rings (SSSR count). The number of hydrazine groups is 1. The van der Waals surface area contributed by atoms with Crippen LogP contribution in [0.15, 0.2) is 6.07 Å². The van der Waals surface area contributed by atoms with Gasteiger partial charge in [-0.25, -0.2) is 15.8 Å². The quantitative estimate of drug-likeness (QED) is 0.505. The van der Waals surface area contributed by atoms with E-state index >= 15 is 0 Å². The lowest BCUT2D eigenvalue weighted by Gasteiger charge is -2.25. The van der Waals surface area contributed by atoms with Crippen molar-refractivity contribution in [2.45, 2.75) is 39.7 Å². The van der Waals surface area contributed by atoms with Crippen LogP contribution in [0.5, 0.6) is 0 Å². The van der Waals surface area contributed by atoms with E-state index in [0.29, 0.717) is 19.0 Å². The van der Waals surface area contributed by atoms with Gasteiger partial charge in [-0.3, -0.25) is 0 Å². The van der Waals surface area contributed by atoms with E-state index in [-0.39, 0.29) is 5.60 Å². The molecular formula is C12H23N5O. The molecule has 0 radical (unpaired) electrons. The highest BCUT2D eigenvalue weighted by Gasteiger charge is 2.17. The number of anilines is 2. The predicted octanol–water partition coefficient (Wildman–Crippen LogP) is 1.55. The average molecular weight is 253 g/mol. The zero-order valence-electron chi connectivity index (χ0n) is 11.6. The van der Waals surface area contributed by atoms with Crippen molar-refractivity contribution >= 4 is 11.6 Å². The Kier molecular flexibility index (Phi) is 5.30. The lowest BCUT2D eigenvalue weighted by Crippen LogP contribution is -2.33. The van der Waals surface area contributed by atoms with Gasteiger partial charge in [0.1, 0.15) is 17.5 Å². The lowest BCUT2D eigenvalue weighted by molar-refractivity contribution is 0.000638. The number of nitrogens with two attached hydrogens (primary N) is 1. The first-order valence-electron chi connectivity index (χ1n) is 6.23.